The van der Waals surface area contributed by atoms with E-state index in [9.17, 15) is 0 Å². The van der Waals surface area contributed by atoms with Crippen molar-refractivity contribution in [3.8, 4) is 11.8 Å². The lowest BCUT2D eigenvalue weighted by Crippen LogP contribution is -2.05. The minimum atomic E-state index is 0.620. The quantitative estimate of drug-likeness (QED) is 0.604. The molecule has 3 nitrogen and oxygen atoms in total. The van der Waals surface area contributed by atoms with E-state index in [4.69, 9.17) is 4.74 Å². The fourth-order valence-corrected chi connectivity index (χ4v) is 2.07. The summed E-state index contributed by atoms with van der Waals surface area (Å²) < 4.78 is 7.43. The normalized spacial score (nSPS) is 18.0. The number of hydrogen-bond donors (Lipinski definition) is 0. The highest BCUT2D eigenvalue weighted by Crippen LogP contribution is 2.19. The molecule has 0 radical (unpaired) electrons. The lowest BCUT2D eigenvalue weighted by atomic mass is 10.1. The average molecular weight is 268 g/mol. The first-order valence-corrected chi connectivity index (χ1v) is 6.87. The fraction of sp³-hybridized carbons (Fsp3) is 0.353. The Morgan fingerprint density at radius 2 is 2.35 bits per heavy atom. The Labute approximate surface area is 120 Å². The second kappa shape index (κ2) is 6.81. The van der Waals surface area contributed by atoms with Gasteiger partial charge in [0, 0.05) is 18.5 Å². The number of allylic oxidation sites excluding steroid dienone is 4. The second-order valence-electron chi connectivity index (χ2n) is 4.65. The van der Waals surface area contributed by atoms with Crippen molar-refractivity contribution in [2.45, 2.75) is 33.2 Å². The number of aromatic nitrogens is 2. The van der Waals surface area contributed by atoms with Crippen molar-refractivity contribution in [3.05, 3.63) is 47.8 Å². The topological polar surface area (TPSA) is 27.1 Å². The third kappa shape index (κ3) is 3.42. The third-order valence-corrected chi connectivity index (χ3v) is 3.20. The number of ether oxygens (including phenoxy) is 1. The van der Waals surface area contributed by atoms with E-state index in [-0.39, 0.29) is 0 Å². The number of hydrogen-bond acceptors (Lipinski definition) is 2. The van der Waals surface area contributed by atoms with E-state index in [0.29, 0.717) is 12.4 Å². The molecular formula is C17H20N2O. The van der Waals surface area contributed by atoms with Crippen molar-refractivity contribution < 1.29 is 4.74 Å². The van der Waals surface area contributed by atoms with Gasteiger partial charge in [0.15, 0.2) is 0 Å². The highest BCUT2D eigenvalue weighted by Gasteiger charge is 2.11. The van der Waals surface area contributed by atoms with Gasteiger partial charge in [-0.05, 0) is 19.4 Å². The predicted molar refractivity (Wildman–Crippen MR) is 81.9 cm³/mol. The smallest absolute Gasteiger partial charge is 0.122 e. The first kappa shape index (κ1) is 14.2. The van der Waals surface area contributed by atoms with Crippen LogP contribution in [0.25, 0.3) is 5.76 Å². The summed E-state index contributed by atoms with van der Waals surface area (Å²) in [5.74, 6) is 6.97. The van der Waals surface area contributed by atoms with Crippen LogP contribution >= 0.6 is 0 Å². The largest absolute Gasteiger partial charge is 0.494 e. The SMILES string of the molecule is C=C(OCC)c1cnn(C/C2=C/C=C\CC#CC2)c1C. The van der Waals surface area contributed by atoms with Crippen molar-refractivity contribution in [2.75, 3.05) is 6.61 Å². The molecule has 1 aromatic rings. The summed E-state index contributed by atoms with van der Waals surface area (Å²) in [6, 6.07) is 0. The minimum absolute atomic E-state index is 0.620. The molecule has 0 saturated heterocycles. The van der Waals surface area contributed by atoms with Crippen molar-refractivity contribution >= 4 is 5.76 Å². The molecule has 2 rings (SSSR count). The molecule has 0 unspecified atom stereocenters. The molecule has 20 heavy (non-hydrogen) atoms. The monoisotopic (exact) mass is 268 g/mol. The highest BCUT2D eigenvalue weighted by molar-refractivity contribution is 5.58. The molecule has 3 heteroatoms. The van der Waals surface area contributed by atoms with Crippen LogP contribution in [0, 0.1) is 18.8 Å². The Kier molecular flexibility index (Phi) is 4.84. The molecule has 1 heterocycles. The molecule has 0 bridgehead atoms. The molecule has 0 spiro atoms. The summed E-state index contributed by atoms with van der Waals surface area (Å²) in [7, 11) is 0. The predicted octanol–water partition coefficient (Wildman–Crippen LogP) is 3.48. The Morgan fingerprint density at radius 3 is 3.15 bits per heavy atom. The molecule has 0 atom stereocenters. The summed E-state index contributed by atoms with van der Waals surface area (Å²) in [5.41, 5.74) is 3.30. The molecule has 1 aliphatic rings. The van der Waals surface area contributed by atoms with E-state index < -0.39 is 0 Å². The summed E-state index contributed by atoms with van der Waals surface area (Å²) >= 11 is 0. The van der Waals surface area contributed by atoms with Crippen molar-refractivity contribution in [1.82, 2.24) is 9.78 Å². The van der Waals surface area contributed by atoms with Gasteiger partial charge in [-0.1, -0.05) is 36.6 Å². The highest BCUT2D eigenvalue weighted by atomic mass is 16.5. The Hall–Kier alpha value is -2.21. The zero-order chi connectivity index (χ0) is 14.4. The van der Waals surface area contributed by atoms with Crippen molar-refractivity contribution in [1.29, 1.82) is 0 Å². The van der Waals surface area contributed by atoms with Gasteiger partial charge >= 0.3 is 0 Å². The molecule has 0 fully saturated rings. The summed E-state index contributed by atoms with van der Waals surface area (Å²) in [5, 5.41) is 4.43. The van der Waals surface area contributed by atoms with E-state index in [1.54, 1.807) is 0 Å². The first-order chi connectivity index (χ1) is 9.72. The molecule has 0 amide bonds. The number of rotatable bonds is 5. The molecule has 0 N–H and O–H groups in total. The van der Waals surface area contributed by atoms with Gasteiger partial charge in [-0.15, -0.1) is 0 Å². The van der Waals surface area contributed by atoms with Gasteiger partial charge in [0.1, 0.15) is 5.76 Å². The van der Waals surface area contributed by atoms with Crippen molar-refractivity contribution in [3.63, 3.8) is 0 Å². The van der Waals surface area contributed by atoms with Gasteiger partial charge < -0.3 is 4.74 Å². The first-order valence-electron chi connectivity index (χ1n) is 6.87. The zero-order valence-electron chi connectivity index (χ0n) is 12.1. The lowest BCUT2D eigenvalue weighted by Gasteiger charge is -2.09. The van der Waals surface area contributed by atoms with Crippen LogP contribution in [-0.2, 0) is 11.3 Å². The van der Waals surface area contributed by atoms with Crippen LogP contribution in [0.15, 0.2) is 36.6 Å². The van der Waals surface area contributed by atoms with E-state index >= 15 is 0 Å². The Morgan fingerprint density at radius 1 is 1.50 bits per heavy atom. The summed E-state index contributed by atoms with van der Waals surface area (Å²) in [6.07, 6.45) is 9.73. The van der Waals surface area contributed by atoms with Crippen LogP contribution in [-0.4, -0.2) is 16.4 Å². The minimum Gasteiger partial charge on any atom is -0.494 e. The zero-order valence-corrected chi connectivity index (χ0v) is 12.1. The van der Waals surface area contributed by atoms with Gasteiger partial charge in [0.05, 0.1) is 24.9 Å². The van der Waals surface area contributed by atoms with E-state index in [1.165, 1.54) is 5.57 Å². The van der Waals surface area contributed by atoms with Crippen LogP contribution in [0.2, 0.25) is 0 Å². The van der Waals surface area contributed by atoms with Crippen LogP contribution in [0.1, 0.15) is 31.0 Å². The lowest BCUT2D eigenvalue weighted by molar-refractivity contribution is 0.299. The third-order valence-electron chi connectivity index (χ3n) is 3.20. The van der Waals surface area contributed by atoms with Crippen LogP contribution in [0.3, 0.4) is 0 Å². The Balaban J connectivity index is 2.15. The van der Waals surface area contributed by atoms with Gasteiger partial charge in [0.25, 0.3) is 0 Å². The van der Waals surface area contributed by atoms with E-state index in [0.717, 1.165) is 30.6 Å². The molecule has 0 saturated carbocycles. The maximum absolute atomic E-state index is 5.45. The fourth-order valence-electron chi connectivity index (χ4n) is 2.07. The molecule has 104 valence electrons. The summed E-state index contributed by atoms with van der Waals surface area (Å²) in [4.78, 5) is 0. The maximum Gasteiger partial charge on any atom is 0.122 e. The molecular weight excluding hydrogens is 248 g/mol. The van der Waals surface area contributed by atoms with Gasteiger partial charge in [-0.3, -0.25) is 4.68 Å². The van der Waals surface area contributed by atoms with E-state index in [2.05, 4.69) is 41.7 Å². The summed E-state index contributed by atoms with van der Waals surface area (Å²) in [6.45, 7) is 9.31. The van der Waals surface area contributed by atoms with Crippen LogP contribution in [0.4, 0.5) is 0 Å². The van der Waals surface area contributed by atoms with Crippen molar-refractivity contribution in [2.24, 2.45) is 0 Å². The average Bonchev–Trinajstić information content (AvgIpc) is 2.74. The van der Waals surface area contributed by atoms with Crippen LogP contribution < -0.4 is 0 Å². The van der Waals surface area contributed by atoms with Crippen LogP contribution in [0.5, 0.6) is 0 Å². The molecule has 1 aromatic heterocycles. The van der Waals surface area contributed by atoms with Gasteiger partial charge in [-0.2, -0.15) is 5.10 Å². The molecule has 0 aromatic carbocycles. The molecule has 0 aliphatic heterocycles. The molecule has 1 aliphatic carbocycles. The van der Waals surface area contributed by atoms with E-state index in [1.807, 2.05) is 24.7 Å². The Bertz CT molecular complexity index is 609. The maximum atomic E-state index is 5.45. The number of nitrogens with zero attached hydrogens (tertiary/aromatic N) is 2. The van der Waals surface area contributed by atoms with Gasteiger partial charge in [0.2, 0.25) is 0 Å². The second-order valence-corrected chi connectivity index (χ2v) is 4.65. The van der Waals surface area contributed by atoms with Gasteiger partial charge in [-0.25, -0.2) is 0 Å². The standard InChI is InChI=1S/C17H20N2O/c1-4-20-15(3)17-12-18-19(14(17)2)13-16-10-8-6-5-7-9-11-16/h6,8,10,12H,3-5,11,13H2,1-2H3/b8-6-,16-10+.